The maximum atomic E-state index is 13.0. The Morgan fingerprint density at radius 1 is 1.19 bits per heavy atom. The molecule has 0 aliphatic heterocycles. The van der Waals surface area contributed by atoms with Crippen molar-refractivity contribution in [2.24, 2.45) is 22.7 Å². The van der Waals surface area contributed by atoms with Gasteiger partial charge in [0, 0.05) is 10.8 Å². The number of aliphatic carboxylic acids is 1. The predicted molar refractivity (Wildman–Crippen MR) is 114 cm³/mol. The smallest absolute Gasteiger partial charge is 0.306 e. The van der Waals surface area contributed by atoms with Crippen molar-refractivity contribution in [3.63, 3.8) is 0 Å². The Balaban J connectivity index is 1.53. The first-order chi connectivity index (χ1) is 15.0. The fourth-order valence-electron chi connectivity index (χ4n) is 6.54. The van der Waals surface area contributed by atoms with E-state index < -0.39 is 35.3 Å². The normalized spacial score (nSPS) is 37.5. The van der Waals surface area contributed by atoms with E-state index in [1.807, 2.05) is 13.0 Å². The second-order valence-corrected chi connectivity index (χ2v) is 10.0. The number of allylic oxidation sites excluding steroid dienone is 6. The van der Waals surface area contributed by atoms with Gasteiger partial charge >= 0.3 is 11.9 Å². The molecule has 0 radical (unpaired) electrons. The maximum absolute atomic E-state index is 13.0. The molecule has 0 aromatic heterocycles. The van der Waals surface area contributed by atoms with E-state index in [1.165, 1.54) is 5.57 Å². The predicted octanol–water partition coefficient (Wildman–Crippen LogP) is 2.92. The van der Waals surface area contributed by atoms with Crippen LogP contribution in [-0.2, 0) is 23.9 Å². The van der Waals surface area contributed by atoms with E-state index in [9.17, 15) is 24.3 Å². The Morgan fingerprint density at radius 3 is 2.66 bits per heavy atom. The van der Waals surface area contributed by atoms with Crippen molar-refractivity contribution in [3.05, 3.63) is 35.5 Å². The minimum absolute atomic E-state index is 0.0240. The van der Waals surface area contributed by atoms with Crippen LogP contribution in [0.1, 0.15) is 58.8 Å². The second kappa shape index (κ2) is 7.80. The summed E-state index contributed by atoms with van der Waals surface area (Å²) < 4.78 is 4.98. The summed E-state index contributed by atoms with van der Waals surface area (Å²) in [5.41, 5.74) is -0.144. The quantitative estimate of drug-likeness (QED) is 0.480. The van der Waals surface area contributed by atoms with Gasteiger partial charge in [-0.1, -0.05) is 30.2 Å². The summed E-state index contributed by atoms with van der Waals surface area (Å²) in [5.74, 6) is -2.03. The molecule has 2 saturated carbocycles. The second-order valence-electron chi connectivity index (χ2n) is 10.0. The maximum Gasteiger partial charge on any atom is 0.306 e. The number of carbonyl (C=O) groups is 4. The summed E-state index contributed by atoms with van der Waals surface area (Å²) in [4.78, 5) is 47.3. The molecule has 2 unspecified atom stereocenters. The highest BCUT2D eigenvalue weighted by molar-refractivity contribution is 6.01. The Hall–Kier alpha value is -2.54. The third kappa shape index (κ3) is 3.38. The summed E-state index contributed by atoms with van der Waals surface area (Å²) in [7, 11) is 0. The van der Waals surface area contributed by atoms with Gasteiger partial charge in [-0.3, -0.25) is 19.2 Å². The van der Waals surface area contributed by atoms with Crippen molar-refractivity contribution in [2.75, 3.05) is 6.61 Å². The number of carboxylic acid groups (broad SMARTS) is 1. The van der Waals surface area contributed by atoms with Crippen LogP contribution in [0.3, 0.4) is 0 Å². The molecule has 0 bridgehead atoms. The topological polar surface area (TPSA) is 118 Å². The average Bonchev–Trinajstić information content (AvgIpc) is 3.03. The number of aliphatic hydroxyl groups is 1. The molecular formula is C25H30O7. The first-order valence-corrected chi connectivity index (χ1v) is 11.3. The molecule has 0 amide bonds. The lowest BCUT2D eigenvalue weighted by Crippen LogP contribution is -2.55. The van der Waals surface area contributed by atoms with Gasteiger partial charge in [0.2, 0.25) is 5.78 Å². The van der Waals surface area contributed by atoms with Gasteiger partial charge in [-0.25, -0.2) is 0 Å². The van der Waals surface area contributed by atoms with Gasteiger partial charge in [-0.15, -0.1) is 0 Å². The van der Waals surface area contributed by atoms with Gasteiger partial charge in [0.05, 0.1) is 12.8 Å². The van der Waals surface area contributed by atoms with Crippen LogP contribution in [0.4, 0.5) is 0 Å². The molecule has 32 heavy (non-hydrogen) atoms. The van der Waals surface area contributed by atoms with Crippen LogP contribution in [0.2, 0.25) is 0 Å². The number of hydrogen-bond donors (Lipinski definition) is 2. The van der Waals surface area contributed by atoms with Crippen LogP contribution in [0.5, 0.6) is 0 Å². The molecule has 7 heteroatoms. The van der Waals surface area contributed by atoms with Gasteiger partial charge in [0.15, 0.2) is 12.4 Å². The molecular weight excluding hydrogens is 412 g/mol. The number of Topliss-reactive ketones (excluding diaryl/α,β-unsaturated/α-hetero) is 1. The molecule has 7 nitrogen and oxygen atoms in total. The Morgan fingerprint density at radius 2 is 1.94 bits per heavy atom. The van der Waals surface area contributed by atoms with Crippen molar-refractivity contribution in [1.29, 1.82) is 0 Å². The number of rotatable bonds is 6. The van der Waals surface area contributed by atoms with Gasteiger partial charge in [-0.05, 0) is 63.0 Å². The zero-order valence-corrected chi connectivity index (χ0v) is 18.6. The Bertz CT molecular complexity index is 973. The molecule has 4 rings (SSSR count). The van der Waals surface area contributed by atoms with E-state index in [2.05, 4.69) is 13.0 Å². The standard InChI is InChI=1S/C25H30O7/c1-23-10-7-16(26)13-15(23)3-4-17-18(23)8-11-24(2)19(17)9-12-25(24,31)20(27)14-32-22(30)6-5-21(28)29/h7-8,10,13,17,19,31H,3-6,9,11-12,14H2,1-2H3,(H,28,29)/t17?,19?,23-,24-,25-/m0/s1. The van der Waals surface area contributed by atoms with Crippen molar-refractivity contribution < 1.29 is 34.1 Å². The van der Waals surface area contributed by atoms with E-state index in [4.69, 9.17) is 9.84 Å². The number of carbonyl (C=O) groups excluding carboxylic acids is 3. The third-order valence-corrected chi connectivity index (χ3v) is 8.47. The molecule has 0 spiro atoms. The van der Waals surface area contributed by atoms with E-state index >= 15 is 0 Å². The first-order valence-electron chi connectivity index (χ1n) is 11.3. The molecule has 4 aliphatic carbocycles. The highest BCUT2D eigenvalue weighted by atomic mass is 16.5. The number of fused-ring (bicyclic) bond motifs is 5. The van der Waals surface area contributed by atoms with E-state index in [-0.39, 0.29) is 35.9 Å². The van der Waals surface area contributed by atoms with E-state index in [0.717, 1.165) is 18.4 Å². The molecule has 0 heterocycles. The van der Waals surface area contributed by atoms with Crippen molar-refractivity contribution in [1.82, 2.24) is 0 Å². The monoisotopic (exact) mass is 442 g/mol. The summed E-state index contributed by atoms with van der Waals surface area (Å²) >= 11 is 0. The molecule has 4 aliphatic rings. The van der Waals surface area contributed by atoms with Gasteiger partial charge < -0.3 is 14.9 Å². The zero-order chi connectivity index (χ0) is 23.3. The highest BCUT2D eigenvalue weighted by Gasteiger charge is 2.64. The molecule has 0 aromatic rings. The van der Waals surface area contributed by atoms with Gasteiger partial charge in [0.25, 0.3) is 0 Å². The molecule has 2 N–H and O–H groups in total. The van der Waals surface area contributed by atoms with Crippen LogP contribution in [0.25, 0.3) is 0 Å². The van der Waals surface area contributed by atoms with Gasteiger partial charge in [-0.2, -0.15) is 0 Å². The highest BCUT2D eigenvalue weighted by Crippen LogP contribution is 2.65. The number of hydrogen-bond acceptors (Lipinski definition) is 6. The third-order valence-electron chi connectivity index (χ3n) is 8.47. The van der Waals surface area contributed by atoms with E-state index in [0.29, 0.717) is 19.3 Å². The van der Waals surface area contributed by atoms with E-state index in [1.54, 1.807) is 12.2 Å². The lowest BCUT2D eigenvalue weighted by atomic mass is 9.51. The summed E-state index contributed by atoms with van der Waals surface area (Å²) in [5, 5.41) is 20.2. The van der Waals surface area contributed by atoms with Gasteiger partial charge in [0.1, 0.15) is 5.60 Å². The molecule has 0 aromatic carbocycles. The molecule has 5 atom stereocenters. The minimum atomic E-state index is -1.60. The minimum Gasteiger partial charge on any atom is -0.481 e. The summed E-state index contributed by atoms with van der Waals surface area (Å²) in [6, 6.07) is 0. The summed E-state index contributed by atoms with van der Waals surface area (Å²) in [6.45, 7) is 3.55. The number of esters is 1. The fraction of sp³-hybridized carbons (Fsp3) is 0.600. The van der Waals surface area contributed by atoms with Crippen LogP contribution >= 0.6 is 0 Å². The molecule has 0 saturated heterocycles. The van der Waals surface area contributed by atoms with Crippen LogP contribution in [-0.4, -0.2) is 45.9 Å². The van der Waals surface area contributed by atoms with Crippen molar-refractivity contribution in [2.45, 2.75) is 64.4 Å². The Labute approximate surface area is 187 Å². The SMILES string of the molecule is C[C@]12C=CC(=O)C=C1CCC1C2=CC[C@@]2(C)C1CC[C@]2(O)C(=O)COC(=O)CCC(=O)O. The van der Waals surface area contributed by atoms with Crippen LogP contribution < -0.4 is 0 Å². The number of ether oxygens (including phenoxy) is 1. The lowest BCUT2D eigenvalue weighted by molar-refractivity contribution is -0.163. The zero-order valence-electron chi connectivity index (χ0n) is 18.6. The summed E-state index contributed by atoms with van der Waals surface area (Å²) in [6.07, 6.45) is 10.1. The Kier molecular flexibility index (Phi) is 5.52. The molecule has 2 fully saturated rings. The number of carboxylic acids is 1. The largest absolute Gasteiger partial charge is 0.481 e. The van der Waals surface area contributed by atoms with Crippen molar-refractivity contribution >= 4 is 23.5 Å². The number of ketones is 2. The lowest BCUT2D eigenvalue weighted by Gasteiger charge is -2.53. The van der Waals surface area contributed by atoms with Crippen LogP contribution in [0, 0.1) is 22.7 Å². The fourth-order valence-corrected chi connectivity index (χ4v) is 6.54. The van der Waals surface area contributed by atoms with Crippen LogP contribution in [0.15, 0.2) is 35.5 Å². The average molecular weight is 443 g/mol. The first kappa shape index (κ1) is 22.6. The van der Waals surface area contributed by atoms with Crippen molar-refractivity contribution in [3.8, 4) is 0 Å². The molecule has 172 valence electrons.